The summed E-state index contributed by atoms with van der Waals surface area (Å²) in [6, 6.07) is 11.3. The normalized spacial score (nSPS) is 16.8. The van der Waals surface area contributed by atoms with Gasteiger partial charge >= 0.3 is 11.8 Å². The van der Waals surface area contributed by atoms with E-state index in [-0.39, 0.29) is 19.1 Å². The van der Waals surface area contributed by atoms with Gasteiger partial charge in [-0.25, -0.2) is 8.42 Å². The van der Waals surface area contributed by atoms with Crippen molar-refractivity contribution in [2.75, 3.05) is 13.1 Å². The number of aryl methyl sites for hydroxylation is 4. The van der Waals surface area contributed by atoms with Crippen molar-refractivity contribution >= 4 is 21.8 Å². The monoisotopic (exact) mass is 485 g/mol. The largest absolute Gasteiger partial charge is 0.348 e. The van der Waals surface area contributed by atoms with Crippen LogP contribution >= 0.6 is 0 Å². The summed E-state index contributed by atoms with van der Waals surface area (Å²) in [5, 5.41) is 5.27. The van der Waals surface area contributed by atoms with E-state index < -0.39 is 21.8 Å². The number of carbonyl (C=O) groups excluding carboxylic acids is 2. The lowest BCUT2D eigenvalue weighted by Gasteiger charge is -2.35. The third kappa shape index (κ3) is 6.24. The first kappa shape index (κ1) is 25.9. The molecule has 0 bridgehead atoms. The number of rotatable bonds is 7. The molecule has 2 amide bonds. The van der Waals surface area contributed by atoms with Crippen molar-refractivity contribution in [2.24, 2.45) is 0 Å². The first-order chi connectivity index (χ1) is 16.1. The van der Waals surface area contributed by atoms with Crippen LogP contribution in [0.5, 0.6) is 0 Å². The fourth-order valence-corrected chi connectivity index (χ4v) is 6.81. The van der Waals surface area contributed by atoms with Crippen LogP contribution in [-0.2, 0) is 26.2 Å². The number of nitrogens with one attached hydrogen (secondary N) is 2. The Balaban J connectivity index is 1.58. The van der Waals surface area contributed by atoms with Gasteiger partial charge in [-0.1, -0.05) is 53.9 Å². The maximum atomic E-state index is 13.6. The number of carbonyl (C=O) groups is 2. The molecule has 3 rings (SSSR count). The van der Waals surface area contributed by atoms with Crippen molar-refractivity contribution in [1.29, 1.82) is 0 Å². The number of hydrogen-bond acceptors (Lipinski definition) is 4. The Labute approximate surface area is 203 Å². The Hall–Kier alpha value is -2.71. The lowest BCUT2D eigenvalue weighted by atomic mass is 10.0. The summed E-state index contributed by atoms with van der Waals surface area (Å²) in [5.74, 6) is -1.40. The van der Waals surface area contributed by atoms with Crippen LogP contribution in [-0.4, -0.2) is 43.7 Å². The predicted octanol–water partition coefficient (Wildman–Crippen LogP) is 3.29. The van der Waals surface area contributed by atoms with Gasteiger partial charge in [0.05, 0.1) is 4.90 Å². The summed E-state index contributed by atoms with van der Waals surface area (Å²) in [7, 11) is -3.66. The molecule has 2 aromatic carbocycles. The smallest absolute Gasteiger partial charge is 0.309 e. The molecule has 1 aliphatic heterocycles. The van der Waals surface area contributed by atoms with Crippen LogP contribution in [0.1, 0.15) is 53.5 Å². The maximum Gasteiger partial charge on any atom is 0.309 e. The van der Waals surface area contributed by atoms with Crippen molar-refractivity contribution in [3.63, 3.8) is 0 Å². The van der Waals surface area contributed by atoms with Crippen molar-refractivity contribution in [2.45, 2.75) is 70.9 Å². The lowest BCUT2D eigenvalue weighted by Crippen LogP contribution is -2.46. The van der Waals surface area contributed by atoms with Crippen LogP contribution in [0.3, 0.4) is 0 Å². The van der Waals surface area contributed by atoms with E-state index in [2.05, 4.69) is 10.6 Å². The molecule has 34 heavy (non-hydrogen) atoms. The highest BCUT2D eigenvalue weighted by atomic mass is 32.2. The third-order valence-corrected chi connectivity index (χ3v) is 8.55. The van der Waals surface area contributed by atoms with Crippen LogP contribution in [0.25, 0.3) is 0 Å². The Morgan fingerprint density at radius 1 is 0.912 bits per heavy atom. The Morgan fingerprint density at radius 2 is 1.53 bits per heavy atom. The van der Waals surface area contributed by atoms with Gasteiger partial charge in [0.1, 0.15) is 0 Å². The summed E-state index contributed by atoms with van der Waals surface area (Å²) < 4.78 is 28.7. The van der Waals surface area contributed by atoms with Gasteiger partial charge in [0.25, 0.3) is 0 Å². The first-order valence-electron chi connectivity index (χ1n) is 11.8. The minimum absolute atomic E-state index is 0.213. The molecule has 2 aromatic rings. The van der Waals surface area contributed by atoms with Gasteiger partial charge < -0.3 is 10.6 Å². The van der Waals surface area contributed by atoms with Crippen LogP contribution in [0, 0.1) is 27.7 Å². The second-order valence-corrected chi connectivity index (χ2v) is 11.0. The fourth-order valence-electron chi connectivity index (χ4n) is 4.67. The van der Waals surface area contributed by atoms with E-state index in [9.17, 15) is 18.0 Å². The highest BCUT2D eigenvalue weighted by molar-refractivity contribution is 7.89. The van der Waals surface area contributed by atoms with Crippen LogP contribution in [0.2, 0.25) is 0 Å². The SMILES string of the molecule is Cc1ccc(CNC(=O)C(=O)NCC[C@H]2CCCCN2S(=O)(=O)c2c(C)cc(C)cc2C)cc1. The van der Waals surface area contributed by atoms with Crippen molar-refractivity contribution < 1.29 is 18.0 Å². The van der Waals surface area contributed by atoms with Gasteiger partial charge in [-0.05, 0) is 63.6 Å². The van der Waals surface area contributed by atoms with Gasteiger partial charge in [-0.2, -0.15) is 4.31 Å². The zero-order valence-corrected chi connectivity index (χ0v) is 21.3. The molecule has 1 heterocycles. The van der Waals surface area contributed by atoms with Crippen LogP contribution < -0.4 is 10.6 Å². The quantitative estimate of drug-likeness (QED) is 0.589. The molecule has 0 aliphatic carbocycles. The van der Waals surface area contributed by atoms with Gasteiger partial charge in [-0.3, -0.25) is 9.59 Å². The molecule has 7 nitrogen and oxygen atoms in total. The standard InChI is InChI=1S/C26H35N3O4S/c1-18-8-10-22(11-9-18)17-28-26(31)25(30)27-13-12-23-7-5-6-14-29(23)34(32,33)24-20(3)15-19(2)16-21(24)4/h8-11,15-16,23H,5-7,12-14,17H2,1-4H3,(H,27,30)(H,28,31)/t23-/m1/s1. The number of hydrogen-bond donors (Lipinski definition) is 2. The molecular formula is C26H35N3O4S. The van der Waals surface area contributed by atoms with E-state index >= 15 is 0 Å². The number of sulfonamides is 1. The summed E-state index contributed by atoms with van der Waals surface area (Å²) in [4.78, 5) is 24.8. The Bertz CT molecular complexity index is 1120. The molecular weight excluding hydrogens is 450 g/mol. The molecule has 1 atom stereocenters. The molecule has 1 saturated heterocycles. The van der Waals surface area contributed by atoms with E-state index in [0.29, 0.717) is 17.9 Å². The summed E-state index contributed by atoms with van der Waals surface area (Å²) >= 11 is 0. The van der Waals surface area contributed by atoms with E-state index in [0.717, 1.165) is 47.1 Å². The Kier molecular flexibility index (Phi) is 8.49. The molecule has 8 heteroatoms. The predicted molar refractivity (Wildman–Crippen MR) is 133 cm³/mol. The molecule has 0 radical (unpaired) electrons. The van der Waals surface area contributed by atoms with Gasteiger partial charge in [0, 0.05) is 25.7 Å². The number of nitrogens with zero attached hydrogens (tertiary/aromatic N) is 1. The zero-order valence-electron chi connectivity index (χ0n) is 20.5. The van der Waals surface area contributed by atoms with Crippen molar-refractivity contribution in [3.8, 4) is 0 Å². The van der Waals surface area contributed by atoms with Crippen LogP contribution in [0.4, 0.5) is 0 Å². The van der Waals surface area contributed by atoms with E-state index in [1.807, 2.05) is 64.1 Å². The topological polar surface area (TPSA) is 95.6 Å². The average Bonchev–Trinajstić information content (AvgIpc) is 2.77. The van der Waals surface area contributed by atoms with Gasteiger partial charge in [0.15, 0.2) is 0 Å². The minimum atomic E-state index is -3.66. The summed E-state index contributed by atoms with van der Waals surface area (Å²) in [6.07, 6.45) is 2.94. The number of benzene rings is 2. The second kappa shape index (κ2) is 11.1. The average molecular weight is 486 g/mol. The van der Waals surface area contributed by atoms with E-state index in [1.165, 1.54) is 0 Å². The number of piperidine rings is 1. The summed E-state index contributed by atoms with van der Waals surface area (Å²) in [5.41, 5.74) is 4.57. The molecule has 1 fully saturated rings. The fraction of sp³-hybridized carbons (Fsp3) is 0.462. The molecule has 1 aliphatic rings. The highest BCUT2D eigenvalue weighted by Gasteiger charge is 2.35. The molecule has 2 N–H and O–H groups in total. The molecule has 0 unspecified atom stereocenters. The second-order valence-electron chi connectivity index (χ2n) is 9.21. The first-order valence-corrected chi connectivity index (χ1v) is 13.2. The Morgan fingerprint density at radius 3 is 2.18 bits per heavy atom. The zero-order chi connectivity index (χ0) is 24.9. The number of amides is 2. The van der Waals surface area contributed by atoms with Crippen molar-refractivity contribution in [1.82, 2.24) is 14.9 Å². The van der Waals surface area contributed by atoms with E-state index in [4.69, 9.17) is 0 Å². The molecule has 0 spiro atoms. The maximum absolute atomic E-state index is 13.6. The lowest BCUT2D eigenvalue weighted by molar-refractivity contribution is -0.139. The van der Waals surface area contributed by atoms with Crippen LogP contribution in [0.15, 0.2) is 41.3 Å². The van der Waals surface area contributed by atoms with Crippen molar-refractivity contribution in [3.05, 3.63) is 64.2 Å². The summed E-state index contributed by atoms with van der Waals surface area (Å²) in [6.45, 7) is 8.58. The third-order valence-electron chi connectivity index (χ3n) is 6.29. The molecule has 0 aromatic heterocycles. The van der Waals surface area contributed by atoms with E-state index in [1.54, 1.807) is 4.31 Å². The highest BCUT2D eigenvalue weighted by Crippen LogP contribution is 2.31. The molecule has 184 valence electrons. The van der Waals surface area contributed by atoms with Gasteiger partial charge in [-0.15, -0.1) is 0 Å². The van der Waals surface area contributed by atoms with Gasteiger partial charge in [0.2, 0.25) is 10.0 Å². The molecule has 0 saturated carbocycles. The minimum Gasteiger partial charge on any atom is -0.348 e.